The van der Waals surface area contributed by atoms with Gasteiger partial charge >= 0.3 is 0 Å². The van der Waals surface area contributed by atoms with Gasteiger partial charge in [0.15, 0.2) is 5.78 Å². The summed E-state index contributed by atoms with van der Waals surface area (Å²) in [7, 11) is 2.33. The van der Waals surface area contributed by atoms with Crippen molar-refractivity contribution < 1.29 is 38.0 Å². The Labute approximate surface area is 188 Å². The molecule has 2 aromatic carbocycles. The minimum atomic E-state index is 0. The third-order valence-corrected chi connectivity index (χ3v) is 6.33. The van der Waals surface area contributed by atoms with E-state index in [0.29, 0.717) is 6.61 Å². The number of aromatic nitrogens is 1. The van der Waals surface area contributed by atoms with E-state index in [2.05, 4.69) is 7.05 Å². The number of carbonyl (C=O) groups excluding carboxylic acids is 1. The zero-order chi connectivity index (χ0) is 19.1. The fraction of sp³-hybridized carbons (Fsp3) is 0.333. The molecule has 150 valence electrons. The number of quaternary nitrogens is 1. The van der Waals surface area contributed by atoms with Gasteiger partial charge in [-0.3, -0.25) is 9.78 Å². The standard InChI is InChI=1S/C24H25N2O2.HI/c1-26(12-5-2-6-13-26)14-15-28-21-16-25-23-17-8-3-4-9-18(17)24(27)20-11-7-10-19(21)22(20)23;/h3-4,7-11,16H,2,5-6,12-15H2,1H3;1H/q+1;/p-1. The summed E-state index contributed by atoms with van der Waals surface area (Å²) in [6.45, 7) is 4.14. The van der Waals surface area contributed by atoms with Crippen LogP contribution in [0.15, 0.2) is 48.7 Å². The molecule has 0 saturated carbocycles. The Morgan fingerprint density at radius 3 is 2.48 bits per heavy atom. The maximum atomic E-state index is 13.0. The highest BCUT2D eigenvalue weighted by atomic mass is 127. The smallest absolute Gasteiger partial charge is 0.194 e. The van der Waals surface area contributed by atoms with Gasteiger partial charge in [0.05, 0.1) is 32.0 Å². The quantitative estimate of drug-likeness (QED) is 0.315. The zero-order valence-electron chi connectivity index (χ0n) is 16.7. The van der Waals surface area contributed by atoms with Crippen molar-refractivity contribution in [2.75, 3.05) is 33.3 Å². The second-order valence-corrected chi connectivity index (χ2v) is 8.27. The van der Waals surface area contributed by atoms with Gasteiger partial charge in [-0.15, -0.1) is 0 Å². The predicted molar refractivity (Wildman–Crippen MR) is 111 cm³/mol. The summed E-state index contributed by atoms with van der Waals surface area (Å²) >= 11 is 0. The van der Waals surface area contributed by atoms with Crippen molar-refractivity contribution in [3.05, 3.63) is 59.8 Å². The maximum absolute atomic E-state index is 13.0. The Morgan fingerprint density at radius 2 is 1.69 bits per heavy atom. The van der Waals surface area contributed by atoms with Crippen molar-refractivity contribution in [1.29, 1.82) is 0 Å². The van der Waals surface area contributed by atoms with Gasteiger partial charge in [-0.1, -0.05) is 42.5 Å². The van der Waals surface area contributed by atoms with Crippen LogP contribution in [0.25, 0.3) is 22.0 Å². The topological polar surface area (TPSA) is 39.2 Å². The van der Waals surface area contributed by atoms with Gasteiger partial charge < -0.3 is 33.2 Å². The molecule has 29 heavy (non-hydrogen) atoms. The molecule has 0 spiro atoms. The zero-order valence-corrected chi connectivity index (χ0v) is 18.8. The van der Waals surface area contributed by atoms with E-state index in [-0.39, 0.29) is 29.8 Å². The molecule has 0 amide bonds. The number of hydrogen-bond donors (Lipinski definition) is 0. The van der Waals surface area contributed by atoms with Crippen LogP contribution < -0.4 is 28.7 Å². The first kappa shape index (κ1) is 20.3. The van der Waals surface area contributed by atoms with Crippen LogP contribution in [0.3, 0.4) is 0 Å². The van der Waals surface area contributed by atoms with Crippen LogP contribution in [0, 0.1) is 0 Å². The average molecular weight is 500 g/mol. The number of likely N-dealkylation sites (N-methyl/N-ethyl adjacent to an activating group) is 1. The lowest BCUT2D eigenvalue weighted by Crippen LogP contribution is -3.00. The normalized spacial score (nSPS) is 16.8. The molecule has 1 aromatic heterocycles. The maximum Gasteiger partial charge on any atom is 0.194 e. The predicted octanol–water partition coefficient (Wildman–Crippen LogP) is 1.46. The largest absolute Gasteiger partial charge is 1.00 e. The number of ether oxygens (including phenoxy) is 1. The minimum absolute atomic E-state index is 0. The van der Waals surface area contributed by atoms with Crippen molar-refractivity contribution in [1.82, 2.24) is 4.98 Å². The molecule has 1 fully saturated rings. The highest BCUT2D eigenvalue weighted by Crippen LogP contribution is 2.40. The number of rotatable bonds is 4. The average Bonchev–Trinajstić information content (AvgIpc) is 2.73. The van der Waals surface area contributed by atoms with E-state index >= 15 is 0 Å². The van der Waals surface area contributed by atoms with Crippen LogP contribution in [-0.4, -0.2) is 48.5 Å². The van der Waals surface area contributed by atoms with Crippen molar-refractivity contribution in [3.63, 3.8) is 0 Å². The lowest BCUT2D eigenvalue weighted by Gasteiger charge is -2.37. The van der Waals surface area contributed by atoms with E-state index in [9.17, 15) is 4.79 Å². The molecule has 0 atom stereocenters. The molecule has 5 rings (SSSR count). The second kappa shape index (κ2) is 8.03. The molecular weight excluding hydrogens is 475 g/mol. The summed E-state index contributed by atoms with van der Waals surface area (Å²) < 4.78 is 7.28. The van der Waals surface area contributed by atoms with Gasteiger partial charge in [0, 0.05) is 27.5 Å². The van der Waals surface area contributed by atoms with E-state index in [0.717, 1.165) is 49.9 Å². The second-order valence-electron chi connectivity index (χ2n) is 8.27. The number of hydrogen-bond acceptors (Lipinski definition) is 3. The van der Waals surface area contributed by atoms with E-state index in [1.54, 1.807) is 0 Å². The SMILES string of the molecule is C[N+]1(CCOc2cnc3c4c(cccc24)C(=O)c2ccccc2-3)CCCCC1.[I-]. The summed E-state index contributed by atoms with van der Waals surface area (Å²) in [6.07, 6.45) is 5.79. The fourth-order valence-corrected chi connectivity index (χ4v) is 4.69. The summed E-state index contributed by atoms with van der Waals surface area (Å²) in [5, 5.41) is 1.90. The van der Waals surface area contributed by atoms with E-state index in [1.165, 1.54) is 32.4 Å². The number of halogens is 1. The van der Waals surface area contributed by atoms with Crippen LogP contribution in [0.5, 0.6) is 5.75 Å². The van der Waals surface area contributed by atoms with Crippen molar-refractivity contribution in [2.24, 2.45) is 0 Å². The Hall–Kier alpha value is -1.99. The van der Waals surface area contributed by atoms with Crippen LogP contribution in [-0.2, 0) is 0 Å². The minimum Gasteiger partial charge on any atom is -1.00 e. The monoisotopic (exact) mass is 500 g/mol. The number of nitrogens with zero attached hydrogens (tertiary/aromatic N) is 2. The van der Waals surface area contributed by atoms with Crippen molar-refractivity contribution >= 4 is 16.6 Å². The number of pyridine rings is 1. The molecule has 0 bridgehead atoms. The van der Waals surface area contributed by atoms with Gasteiger partial charge in [-0.2, -0.15) is 0 Å². The van der Waals surface area contributed by atoms with E-state index < -0.39 is 0 Å². The molecule has 2 aliphatic rings. The highest BCUT2D eigenvalue weighted by Gasteiger charge is 2.28. The third kappa shape index (κ3) is 3.55. The van der Waals surface area contributed by atoms with Gasteiger partial charge in [0.25, 0.3) is 0 Å². The highest BCUT2D eigenvalue weighted by molar-refractivity contribution is 6.25. The first-order valence-corrected chi connectivity index (χ1v) is 10.2. The molecular formula is C24H25IN2O2. The lowest BCUT2D eigenvalue weighted by molar-refractivity contribution is -0.914. The van der Waals surface area contributed by atoms with Gasteiger partial charge in [-0.05, 0) is 19.3 Å². The molecule has 1 aliphatic heterocycles. The van der Waals surface area contributed by atoms with Gasteiger partial charge in [-0.25, -0.2) is 0 Å². The molecule has 3 aromatic rings. The molecule has 0 N–H and O–H groups in total. The molecule has 4 nitrogen and oxygen atoms in total. The van der Waals surface area contributed by atoms with Gasteiger partial charge in [0.1, 0.15) is 18.9 Å². The van der Waals surface area contributed by atoms with Crippen LogP contribution >= 0.6 is 0 Å². The Balaban J connectivity index is 0.00000205. The number of likely N-dealkylation sites (tertiary alicyclic amines) is 1. The summed E-state index contributed by atoms with van der Waals surface area (Å²) in [4.78, 5) is 17.7. The number of benzene rings is 2. The van der Waals surface area contributed by atoms with Gasteiger partial charge in [0.2, 0.25) is 0 Å². The van der Waals surface area contributed by atoms with E-state index in [1.807, 2.05) is 48.7 Å². The molecule has 0 unspecified atom stereocenters. The number of piperidine rings is 1. The first-order valence-electron chi connectivity index (χ1n) is 10.2. The van der Waals surface area contributed by atoms with Crippen LogP contribution in [0.2, 0.25) is 0 Å². The fourth-order valence-electron chi connectivity index (χ4n) is 4.69. The molecule has 5 heteroatoms. The van der Waals surface area contributed by atoms with Crippen LogP contribution in [0.4, 0.5) is 0 Å². The molecule has 1 aliphatic carbocycles. The summed E-state index contributed by atoms with van der Waals surface area (Å²) in [6, 6.07) is 13.6. The first-order chi connectivity index (χ1) is 13.7. The Kier molecular flexibility index (Phi) is 5.62. The molecule has 2 heterocycles. The van der Waals surface area contributed by atoms with Crippen molar-refractivity contribution in [2.45, 2.75) is 19.3 Å². The lowest BCUT2D eigenvalue weighted by atomic mass is 9.85. The van der Waals surface area contributed by atoms with Crippen molar-refractivity contribution in [3.8, 4) is 17.0 Å². The Bertz CT molecular complexity index is 1070. The van der Waals surface area contributed by atoms with Crippen LogP contribution in [0.1, 0.15) is 35.2 Å². The molecule has 0 radical (unpaired) electrons. The number of ketones is 1. The number of fused-ring (bicyclic) bond motifs is 2. The third-order valence-electron chi connectivity index (χ3n) is 6.33. The molecule has 1 saturated heterocycles. The Morgan fingerprint density at radius 1 is 0.966 bits per heavy atom. The van der Waals surface area contributed by atoms with E-state index in [4.69, 9.17) is 9.72 Å². The summed E-state index contributed by atoms with van der Waals surface area (Å²) in [5.41, 5.74) is 3.24. The summed E-state index contributed by atoms with van der Waals surface area (Å²) in [5.74, 6) is 0.843. The number of carbonyl (C=O) groups is 1.